The first-order valence-corrected chi connectivity index (χ1v) is 6.53. The number of hydrogen-bond donors (Lipinski definition) is 0. The molecule has 5 heteroatoms. The van der Waals surface area contributed by atoms with Crippen molar-refractivity contribution in [3.05, 3.63) is 0 Å². The molecule has 1 rings (SSSR count). The summed E-state index contributed by atoms with van der Waals surface area (Å²) in [4.78, 5) is 28.4. The van der Waals surface area contributed by atoms with E-state index in [-0.39, 0.29) is 19.1 Å². The van der Waals surface area contributed by atoms with Crippen LogP contribution in [0, 0.1) is 5.92 Å². The Kier molecular flexibility index (Phi) is 11.3. The number of amides is 1. The summed E-state index contributed by atoms with van der Waals surface area (Å²) < 4.78 is 4.78. The van der Waals surface area contributed by atoms with E-state index in [4.69, 9.17) is 4.74 Å². The molecule has 0 aromatic rings. The first-order chi connectivity index (χ1) is 8.57. The molecule has 1 aliphatic rings. The number of carbonyl (C=O) groups excluding carboxylic acids is 2. The molecule has 0 saturated heterocycles. The minimum absolute atomic E-state index is 0.202. The molecule has 0 bridgehead atoms. The van der Waals surface area contributed by atoms with Gasteiger partial charge in [-0.2, -0.15) is 0 Å². The van der Waals surface area contributed by atoms with Crippen LogP contribution < -0.4 is 0 Å². The molecule has 0 N–H and O–H groups in total. The van der Waals surface area contributed by atoms with Crippen molar-refractivity contribution in [2.24, 2.45) is 10.9 Å². The van der Waals surface area contributed by atoms with Gasteiger partial charge in [-0.05, 0) is 13.8 Å². The molecule has 1 unspecified atom stereocenters. The first kappa shape index (κ1) is 19.0. The van der Waals surface area contributed by atoms with Crippen LogP contribution in [0.4, 0.5) is 0 Å². The lowest BCUT2D eigenvalue weighted by molar-refractivity contribution is -0.153. The third-order valence-electron chi connectivity index (χ3n) is 2.19. The lowest BCUT2D eigenvalue weighted by atomic mass is 10.1. The van der Waals surface area contributed by atoms with Gasteiger partial charge in [-0.3, -0.25) is 14.6 Å². The molecule has 1 amide bonds. The van der Waals surface area contributed by atoms with E-state index in [0.717, 1.165) is 0 Å². The van der Waals surface area contributed by atoms with Crippen molar-refractivity contribution in [2.75, 3.05) is 20.2 Å². The Hall–Kier alpha value is -1.39. The van der Waals surface area contributed by atoms with Gasteiger partial charge in [0.05, 0.1) is 13.2 Å². The zero-order valence-electron chi connectivity index (χ0n) is 12.6. The maximum Gasteiger partial charge on any atom is 0.320 e. The van der Waals surface area contributed by atoms with Gasteiger partial charge in [0.2, 0.25) is 5.91 Å². The van der Waals surface area contributed by atoms with Crippen LogP contribution in [0.15, 0.2) is 4.99 Å². The minimum atomic E-state index is -0.761. The monoisotopic (exact) mass is 258 g/mol. The molecule has 0 radical (unpaired) electrons. The second kappa shape index (κ2) is 10.7. The van der Waals surface area contributed by atoms with Crippen LogP contribution in [0.1, 0.15) is 41.5 Å². The molecule has 0 aliphatic carbocycles. The van der Waals surface area contributed by atoms with Crippen molar-refractivity contribution in [3.8, 4) is 0 Å². The summed E-state index contributed by atoms with van der Waals surface area (Å²) in [6, 6.07) is 0. The van der Waals surface area contributed by atoms with E-state index in [1.54, 1.807) is 20.9 Å². The topological polar surface area (TPSA) is 59.0 Å². The Morgan fingerprint density at radius 3 is 2.33 bits per heavy atom. The summed E-state index contributed by atoms with van der Waals surface area (Å²) in [6.07, 6.45) is 0. The predicted molar refractivity (Wildman–Crippen MR) is 73.6 cm³/mol. The summed E-state index contributed by atoms with van der Waals surface area (Å²) >= 11 is 0. The number of hydrogen-bond acceptors (Lipinski definition) is 4. The van der Waals surface area contributed by atoms with Crippen LogP contribution >= 0.6 is 0 Å². The van der Waals surface area contributed by atoms with Crippen LogP contribution in [0.2, 0.25) is 0 Å². The molecule has 0 fully saturated rings. The number of aliphatic imine (C=N–C) groups is 1. The zero-order chi connectivity index (χ0) is 14.7. The SMILES string of the molecule is CC.CC.CCOC(=O)C1CN=C(C)N(C)C1=O. The molecule has 0 aromatic carbocycles. The van der Waals surface area contributed by atoms with Crippen LogP contribution in [0.5, 0.6) is 0 Å². The van der Waals surface area contributed by atoms with Crippen molar-refractivity contribution in [1.29, 1.82) is 0 Å². The van der Waals surface area contributed by atoms with E-state index < -0.39 is 11.9 Å². The minimum Gasteiger partial charge on any atom is -0.465 e. The second-order valence-corrected chi connectivity index (χ2v) is 3.09. The number of carbonyl (C=O) groups is 2. The maximum atomic E-state index is 11.6. The van der Waals surface area contributed by atoms with Crippen molar-refractivity contribution in [2.45, 2.75) is 41.5 Å². The normalized spacial score (nSPS) is 17.7. The largest absolute Gasteiger partial charge is 0.465 e. The van der Waals surface area contributed by atoms with Gasteiger partial charge < -0.3 is 9.64 Å². The number of nitrogens with zero attached hydrogens (tertiary/aromatic N) is 2. The Morgan fingerprint density at radius 1 is 1.39 bits per heavy atom. The lowest BCUT2D eigenvalue weighted by Crippen LogP contribution is -2.45. The highest BCUT2D eigenvalue weighted by Gasteiger charge is 2.34. The molecule has 0 saturated carbocycles. The van der Waals surface area contributed by atoms with E-state index >= 15 is 0 Å². The average molecular weight is 258 g/mol. The lowest BCUT2D eigenvalue weighted by Gasteiger charge is -2.25. The Balaban J connectivity index is 0. The molecule has 5 nitrogen and oxygen atoms in total. The molecule has 1 aliphatic heterocycles. The average Bonchev–Trinajstić information content (AvgIpc) is 2.41. The predicted octanol–water partition coefficient (Wildman–Crippen LogP) is 2.11. The van der Waals surface area contributed by atoms with Crippen molar-refractivity contribution >= 4 is 17.7 Å². The fourth-order valence-electron chi connectivity index (χ4n) is 1.22. The van der Waals surface area contributed by atoms with Crippen LogP contribution in [0.3, 0.4) is 0 Å². The van der Waals surface area contributed by atoms with E-state index in [1.807, 2.05) is 27.7 Å². The molecule has 0 spiro atoms. The summed E-state index contributed by atoms with van der Waals surface area (Å²) in [5, 5.41) is 0. The smallest absolute Gasteiger partial charge is 0.320 e. The van der Waals surface area contributed by atoms with E-state index in [2.05, 4.69) is 4.99 Å². The zero-order valence-corrected chi connectivity index (χ0v) is 12.6. The standard InChI is InChI=1S/C9H14N2O3.2C2H6/c1-4-14-9(13)7-5-10-6(2)11(3)8(7)12;2*1-2/h7H,4-5H2,1-3H3;2*1-2H3. The van der Waals surface area contributed by atoms with E-state index in [0.29, 0.717) is 5.84 Å². The number of amidine groups is 1. The van der Waals surface area contributed by atoms with Gasteiger partial charge in [0, 0.05) is 7.05 Å². The van der Waals surface area contributed by atoms with Gasteiger partial charge in [0.1, 0.15) is 5.84 Å². The number of ether oxygens (including phenoxy) is 1. The highest BCUT2D eigenvalue weighted by atomic mass is 16.5. The van der Waals surface area contributed by atoms with Gasteiger partial charge in [0.15, 0.2) is 5.92 Å². The fourth-order valence-corrected chi connectivity index (χ4v) is 1.22. The van der Waals surface area contributed by atoms with Gasteiger partial charge >= 0.3 is 5.97 Å². The third kappa shape index (κ3) is 5.29. The van der Waals surface area contributed by atoms with E-state index in [1.165, 1.54) is 4.90 Å². The van der Waals surface area contributed by atoms with Gasteiger partial charge in [0.25, 0.3) is 0 Å². The Labute approximate surface area is 110 Å². The van der Waals surface area contributed by atoms with Crippen LogP contribution in [-0.4, -0.2) is 42.8 Å². The fraction of sp³-hybridized carbons (Fsp3) is 0.769. The van der Waals surface area contributed by atoms with Crippen LogP contribution in [0.25, 0.3) is 0 Å². The summed E-state index contributed by atoms with van der Waals surface area (Å²) in [7, 11) is 1.60. The molecule has 0 aromatic heterocycles. The second-order valence-electron chi connectivity index (χ2n) is 3.09. The van der Waals surface area contributed by atoms with Gasteiger partial charge in [-0.25, -0.2) is 0 Å². The molecule has 18 heavy (non-hydrogen) atoms. The highest BCUT2D eigenvalue weighted by molar-refractivity contribution is 6.07. The van der Waals surface area contributed by atoms with Crippen molar-refractivity contribution < 1.29 is 14.3 Å². The first-order valence-electron chi connectivity index (χ1n) is 6.53. The molecular formula is C13H26N2O3. The van der Waals surface area contributed by atoms with Crippen molar-refractivity contribution in [1.82, 2.24) is 4.90 Å². The quantitative estimate of drug-likeness (QED) is 0.563. The molecule has 106 valence electrons. The number of rotatable bonds is 2. The summed E-state index contributed by atoms with van der Waals surface area (Å²) in [6.45, 7) is 11.9. The van der Waals surface area contributed by atoms with Crippen LogP contribution in [-0.2, 0) is 14.3 Å². The highest BCUT2D eigenvalue weighted by Crippen LogP contribution is 2.11. The van der Waals surface area contributed by atoms with E-state index in [9.17, 15) is 9.59 Å². The summed E-state index contributed by atoms with van der Waals surface area (Å²) in [5.41, 5.74) is 0. The molecule has 1 heterocycles. The van der Waals surface area contributed by atoms with Crippen molar-refractivity contribution in [3.63, 3.8) is 0 Å². The summed E-state index contributed by atoms with van der Waals surface area (Å²) in [5.74, 6) is -0.851. The maximum absolute atomic E-state index is 11.6. The third-order valence-corrected chi connectivity index (χ3v) is 2.19. The number of esters is 1. The van der Waals surface area contributed by atoms with Gasteiger partial charge in [-0.15, -0.1) is 0 Å². The Bertz CT molecular complexity index is 288. The Morgan fingerprint density at radius 2 is 1.89 bits per heavy atom. The van der Waals surface area contributed by atoms with Gasteiger partial charge in [-0.1, -0.05) is 27.7 Å². The molecular weight excluding hydrogens is 232 g/mol. The molecule has 1 atom stereocenters.